The third-order valence-electron chi connectivity index (χ3n) is 15.6. The summed E-state index contributed by atoms with van der Waals surface area (Å²) in [5.41, 5.74) is -2.33. The highest BCUT2D eigenvalue weighted by Gasteiger charge is 2.72. The average Bonchev–Trinajstić information content (AvgIpc) is 2.99. The lowest BCUT2D eigenvalue weighted by Gasteiger charge is -2.72. The highest BCUT2D eigenvalue weighted by Crippen LogP contribution is 2.76. The fraction of sp³-hybridized carbons (Fsp3) is 0.919. The van der Waals surface area contributed by atoms with Crippen molar-refractivity contribution < 1.29 is 49.6 Å². The Morgan fingerprint density at radius 2 is 1.60 bits per heavy atom. The minimum atomic E-state index is -1.65. The van der Waals surface area contributed by atoms with Crippen molar-refractivity contribution in [3.05, 3.63) is 11.6 Å². The molecule has 6 rings (SSSR count). The molecule has 10 nitrogen and oxygen atoms in total. The molecule has 0 radical (unpaired) electrons. The summed E-state index contributed by atoms with van der Waals surface area (Å²) in [6.07, 6.45) is -0.886. The summed E-state index contributed by atoms with van der Waals surface area (Å²) in [6.45, 7) is 15.1. The SMILES string of the molecule is COC[C@H]1O[C@@H](OC(=O)[C@]23CC[C@@H](C)[C@@](C)(O)[C@H]2C2=CC[C@@H]4[C@@]5(C)C[C@@H](O)[C@H](O)C(C)(C)[C@@H]5CC[C@@]4(C)[C@]2(C)CC3)[C@H](O)[C@@H](O)[C@@H]1O. The van der Waals surface area contributed by atoms with Crippen LogP contribution in [-0.2, 0) is 19.0 Å². The molecule has 0 bridgehead atoms. The highest BCUT2D eigenvalue weighted by molar-refractivity contribution is 5.79. The Morgan fingerprint density at radius 1 is 0.915 bits per heavy atom. The van der Waals surface area contributed by atoms with Crippen molar-refractivity contribution in [2.45, 2.75) is 148 Å². The lowest BCUT2D eigenvalue weighted by atomic mass is 9.33. The zero-order valence-corrected chi connectivity index (χ0v) is 29.6. The number of allylic oxidation sites excluding steroid dienone is 1. The van der Waals surface area contributed by atoms with Crippen LogP contribution in [0.3, 0.4) is 0 Å². The fourth-order valence-electron chi connectivity index (χ4n) is 12.5. The van der Waals surface area contributed by atoms with E-state index in [4.69, 9.17) is 14.2 Å². The molecule has 1 aliphatic heterocycles. The summed E-state index contributed by atoms with van der Waals surface area (Å²) < 4.78 is 16.9. The zero-order chi connectivity index (χ0) is 34.7. The number of hydrogen-bond donors (Lipinski definition) is 6. The van der Waals surface area contributed by atoms with Gasteiger partial charge < -0.3 is 44.8 Å². The van der Waals surface area contributed by atoms with Gasteiger partial charge in [0.25, 0.3) is 0 Å². The largest absolute Gasteiger partial charge is 0.432 e. The van der Waals surface area contributed by atoms with E-state index < -0.39 is 71.2 Å². The second-order valence-corrected chi connectivity index (χ2v) is 18.0. The van der Waals surface area contributed by atoms with Crippen molar-refractivity contribution in [1.82, 2.24) is 0 Å². The van der Waals surface area contributed by atoms with E-state index in [0.29, 0.717) is 32.1 Å². The standard InChI is InChI=1S/C37H60O10/c1-19-11-14-37(31(43)47-30-27(41)26(40)25(39)22(46-30)18-45-8)16-15-34(5)20(28(37)36(19,7)44)9-10-24-33(4)17-21(38)29(42)32(2,3)23(33)12-13-35(24,34)6/h9,19,21-30,38-42,44H,10-18H2,1-8H3/t19-,21-,22-,23+,24-,25-,26+,27-,28-,29+,30+,33+,34-,35-,36-,37+/m1/s1. The van der Waals surface area contributed by atoms with Gasteiger partial charge in [-0.2, -0.15) is 0 Å². The van der Waals surface area contributed by atoms with Crippen molar-refractivity contribution >= 4 is 5.97 Å². The van der Waals surface area contributed by atoms with E-state index in [9.17, 15) is 35.4 Å². The summed E-state index contributed by atoms with van der Waals surface area (Å²) in [7, 11) is 1.43. The normalized spacial score (nSPS) is 55.4. The van der Waals surface area contributed by atoms with E-state index in [2.05, 4.69) is 40.7 Å². The topological polar surface area (TPSA) is 166 Å². The van der Waals surface area contributed by atoms with Crippen LogP contribution in [0.4, 0.5) is 0 Å². The Hall–Kier alpha value is -1.11. The summed E-state index contributed by atoms with van der Waals surface area (Å²) >= 11 is 0. The Labute approximate surface area is 279 Å². The minimum absolute atomic E-state index is 0.0586. The van der Waals surface area contributed by atoms with Crippen LogP contribution in [0.2, 0.25) is 0 Å². The second-order valence-electron chi connectivity index (χ2n) is 18.0. The number of rotatable bonds is 4. The van der Waals surface area contributed by atoms with Crippen molar-refractivity contribution in [3.63, 3.8) is 0 Å². The molecule has 1 heterocycles. The van der Waals surface area contributed by atoms with Crippen LogP contribution in [0.15, 0.2) is 11.6 Å². The summed E-state index contributed by atoms with van der Waals surface area (Å²) in [5, 5.41) is 66.4. The van der Waals surface area contributed by atoms with E-state index in [1.165, 1.54) is 7.11 Å². The molecular weight excluding hydrogens is 604 g/mol. The molecule has 4 saturated carbocycles. The Balaban J connectivity index is 1.38. The zero-order valence-electron chi connectivity index (χ0n) is 29.6. The molecule has 6 aliphatic rings. The fourth-order valence-corrected chi connectivity index (χ4v) is 12.5. The maximum Gasteiger partial charge on any atom is 0.315 e. The molecule has 268 valence electrons. The highest BCUT2D eigenvalue weighted by atomic mass is 16.7. The molecule has 5 aliphatic carbocycles. The molecule has 0 amide bonds. The number of hydrogen-bond acceptors (Lipinski definition) is 10. The van der Waals surface area contributed by atoms with Gasteiger partial charge in [0.15, 0.2) is 0 Å². The molecular formula is C37H60O10. The van der Waals surface area contributed by atoms with Crippen LogP contribution < -0.4 is 0 Å². The van der Waals surface area contributed by atoms with E-state index in [1.54, 1.807) is 0 Å². The summed E-state index contributed by atoms with van der Waals surface area (Å²) in [5.74, 6) is -0.681. The van der Waals surface area contributed by atoms with E-state index in [0.717, 1.165) is 24.8 Å². The number of aliphatic hydroxyl groups is 6. The smallest absolute Gasteiger partial charge is 0.315 e. The molecule has 0 aromatic heterocycles. The maximum absolute atomic E-state index is 14.6. The first-order chi connectivity index (χ1) is 21.7. The van der Waals surface area contributed by atoms with Crippen LogP contribution >= 0.6 is 0 Å². The second kappa shape index (κ2) is 11.5. The number of aliphatic hydroxyl groups excluding tert-OH is 5. The molecule has 6 N–H and O–H groups in total. The number of methoxy groups -OCH3 is 1. The third kappa shape index (κ3) is 4.75. The molecule has 0 spiro atoms. The summed E-state index contributed by atoms with van der Waals surface area (Å²) in [6, 6.07) is 0. The van der Waals surface area contributed by atoms with Gasteiger partial charge in [0, 0.05) is 13.0 Å². The van der Waals surface area contributed by atoms with Gasteiger partial charge >= 0.3 is 5.97 Å². The molecule has 10 heteroatoms. The monoisotopic (exact) mass is 664 g/mol. The van der Waals surface area contributed by atoms with Gasteiger partial charge in [-0.05, 0) is 97.7 Å². The van der Waals surface area contributed by atoms with Gasteiger partial charge in [-0.15, -0.1) is 0 Å². The van der Waals surface area contributed by atoms with Gasteiger partial charge in [0.1, 0.15) is 24.4 Å². The van der Waals surface area contributed by atoms with Gasteiger partial charge in [-0.1, -0.05) is 53.2 Å². The molecule has 0 unspecified atom stereocenters. The Kier molecular flexibility index (Phi) is 8.70. The lowest BCUT2D eigenvalue weighted by molar-refractivity contribution is -0.300. The molecule has 5 fully saturated rings. The van der Waals surface area contributed by atoms with Crippen molar-refractivity contribution in [2.24, 2.45) is 50.7 Å². The van der Waals surface area contributed by atoms with Crippen LogP contribution in [-0.4, -0.2) is 98.8 Å². The van der Waals surface area contributed by atoms with E-state index in [-0.39, 0.29) is 40.6 Å². The third-order valence-corrected chi connectivity index (χ3v) is 15.6. The van der Waals surface area contributed by atoms with Crippen molar-refractivity contribution in [2.75, 3.05) is 13.7 Å². The number of ether oxygens (including phenoxy) is 3. The first-order valence-electron chi connectivity index (χ1n) is 17.9. The van der Waals surface area contributed by atoms with Gasteiger partial charge in [-0.3, -0.25) is 4.79 Å². The average molecular weight is 665 g/mol. The first kappa shape index (κ1) is 35.7. The number of fused-ring (bicyclic) bond motifs is 7. The molecule has 0 aromatic rings. The summed E-state index contributed by atoms with van der Waals surface area (Å²) in [4.78, 5) is 14.6. The van der Waals surface area contributed by atoms with E-state index in [1.807, 2.05) is 13.8 Å². The maximum atomic E-state index is 14.6. The van der Waals surface area contributed by atoms with Gasteiger partial charge in [0.2, 0.25) is 6.29 Å². The first-order valence-corrected chi connectivity index (χ1v) is 17.9. The number of carbonyl (C=O) groups is 1. The van der Waals surface area contributed by atoms with Gasteiger partial charge in [0.05, 0.1) is 29.8 Å². The van der Waals surface area contributed by atoms with Crippen LogP contribution in [0.1, 0.15) is 99.8 Å². The predicted octanol–water partition coefficient (Wildman–Crippen LogP) is 3.09. The lowest BCUT2D eigenvalue weighted by Crippen LogP contribution is -2.69. The van der Waals surface area contributed by atoms with Crippen LogP contribution in [0.25, 0.3) is 0 Å². The number of esters is 1. The predicted molar refractivity (Wildman–Crippen MR) is 172 cm³/mol. The van der Waals surface area contributed by atoms with Crippen molar-refractivity contribution in [1.29, 1.82) is 0 Å². The molecule has 47 heavy (non-hydrogen) atoms. The van der Waals surface area contributed by atoms with Crippen molar-refractivity contribution in [3.8, 4) is 0 Å². The molecule has 1 saturated heterocycles. The Bertz CT molecular complexity index is 1270. The quantitative estimate of drug-likeness (QED) is 0.194. The molecule has 16 atom stereocenters. The van der Waals surface area contributed by atoms with E-state index >= 15 is 0 Å². The van der Waals surface area contributed by atoms with Crippen LogP contribution in [0.5, 0.6) is 0 Å². The number of carbonyl (C=O) groups excluding carboxylic acids is 1. The molecule has 0 aromatic carbocycles. The van der Waals surface area contributed by atoms with Crippen LogP contribution in [0, 0.1) is 50.7 Å². The Morgan fingerprint density at radius 3 is 2.26 bits per heavy atom. The van der Waals surface area contributed by atoms with Gasteiger partial charge in [-0.25, -0.2) is 0 Å². The minimum Gasteiger partial charge on any atom is -0.432 e.